The van der Waals surface area contributed by atoms with Gasteiger partial charge in [0.25, 0.3) is 0 Å². The molecule has 0 amide bonds. The summed E-state index contributed by atoms with van der Waals surface area (Å²) in [5.74, 6) is 1.27. The molecule has 1 aliphatic rings. The summed E-state index contributed by atoms with van der Waals surface area (Å²) in [7, 11) is 0. The van der Waals surface area contributed by atoms with Crippen LogP contribution in [0, 0.1) is 11.8 Å². The molecule has 2 nitrogen and oxygen atoms in total. The topological polar surface area (TPSA) is 25.2 Å². The first-order valence-electron chi connectivity index (χ1n) is 8.43. The number of aliphatic hydroxyl groups is 1. The van der Waals surface area contributed by atoms with Crippen molar-refractivity contribution >= 4 is 21.8 Å². The van der Waals surface area contributed by atoms with Crippen molar-refractivity contribution < 1.29 is 5.11 Å². The van der Waals surface area contributed by atoms with Gasteiger partial charge in [0.2, 0.25) is 0 Å². The molecular formula is C20H23NO. The van der Waals surface area contributed by atoms with Gasteiger partial charge in [0, 0.05) is 35.0 Å². The normalized spacial score (nSPS) is 22.4. The second-order valence-electron chi connectivity index (χ2n) is 6.71. The molecule has 0 unspecified atom stereocenters. The molecule has 0 bridgehead atoms. The number of hydrogen-bond donors (Lipinski definition) is 1. The van der Waals surface area contributed by atoms with Crippen molar-refractivity contribution in [3.05, 3.63) is 48.5 Å². The molecule has 4 rings (SSSR count). The van der Waals surface area contributed by atoms with E-state index in [0.29, 0.717) is 12.5 Å². The first-order chi connectivity index (χ1) is 10.9. The van der Waals surface area contributed by atoms with Crippen molar-refractivity contribution in [2.24, 2.45) is 11.8 Å². The van der Waals surface area contributed by atoms with E-state index in [2.05, 4.69) is 53.1 Å². The van der Waals surface area contributed by atoms with Gasteiger partial charge in [-0.3, -0.25) is 0 Å². The van der Waals surface area contributed by atoms with E-state index in [4.69, 9.17) is 0 Å². The van der Waals surface area contributed by atoms with Gasteiger partial charge in [-0.15, -0.1) is 0 Å². The van der Waals surface area contributed by atoms with Gasteiger partial charge in [-0.05, 0) is 49.7 Å². The van der Waals surface area contributed by atoms with Crippen molar-refractivity contribution in [3.8, 4) is 0 Å². The average Bonchev–Trinajstić information content (AvgIpc) is 2.90. The predicted octanol–water partition coefficient (Wildman–Crippen LogP) is 4.59. The maximum absolute atomic E-state index is 9.31. The molecule has 0 saturated heterocycles. The minimum Gasteiger partial charge on any atom is -0.396 e. The van der Waals surface area contributed by atoms with Gasteiger partial charge in [0.1, 0.15) is 0 Å². The van der Waals surface area contributed by atoms with E-state index in [9.17, 15) is 5.11 Å². The Balaban J connectivity index is 1.71. The number of rotatable bonds is 3. The molecule has 0 atom stereocenters. The van der Waals surface area contributed by atoms with Gasteiger partial charge in [0.15, 0.2) is 0 Å². The second-order valence-corrected chi connectivity index (χ2v) is 6.71. The molecule has 1 aromatic heterocycles. The van der Waals surface area contributed by atoms with Crippen LogP contribution in [-0.2, 0) is 6.54 Å². The number of hydrogen-bond acceptors (Lipinski definition) is 1. The van der Waals surface area contributed by atoms with Crippen LogP contribution in [0.4, 0.5) is 0 Å². The van der Waals surface area contributed by atoms with Crippen LogP contribution < -0.4 is 0 Å². The van der Waals surface area contributed by atoms with E-state index in [-0.39, 0.29) is 0 Å². The van der Waals surface area contributed by atoms with Gasteiger partial charge >= 0.3 is 0 Å². The van der Waals surface area contributed by atoms with Crippen LogP contribution in [0.2, 0.25) is 0 Å². The standard InChI is InChI=1S/C20H23NO/c22-14-16-11-9-15(10-12-16)13-21-19-7-3-1-5-17(19)18-6-2-4-8-20(18)21/h1-8,15-16,22H,9-14H2. The molecule has 22 heavy (non-hydrogen) atoms. The van der Waals surface area contributed by atoms with E-state index < -0.39 is 0 Å². The number of para-hydroxylation sites is 2. The van der Waals surface area contributed by atoms with Crippen molar-refractivity contribution in [2.75, 3.05) is 6.61 Å². The second kappa shape index (κ2) is 5.77. The Morgan fingerprint density at radius 1 is 0.773 bits per heavy atom. The number of aromatic nitrogens is 1. The largest absolute Gasteiger partial charge is 0.396 e. The smallest absolute Gasteiger partial charge is 0.0491 e. The first-order valence-corrected chi connectivity index (χ1v) is 8.43. The Morgan fingerprint density at radius 2 is 1.27 bits per heavy atom. The van der Waals surface area contributed by atoms with Gasteiger partial charge in [-0.1, -0.05) is 36.4 Å². The highest BCUT2D eigenvalue weighted by molar-refractivity contribution is 6.07. The van der Waals surface area contributed by atoms with Crippen molar-refractivity contribution in [1.82, 2.24) is 4.57 Å². The van der Waals surface area contributed by atoms with E-state index in [1.165, 1.54) is 47.5 Å². The van der Waals surface area contributed by atoms with Gasteiger partial charge in [0.05, 0.1) is 0 Å². The summed E-state index contributed by atoms with van der Waals surface area (Å²) >= 11 is 0. The van der Waals surface area contributed by atoms with Crippen molar-refractivity contribution in [1.29, 1.82) is 0 Å². The van der Waals surface area contributed by atoms with Crippen LogP contribution in [-0.4, -0.2) is 16.3 Å². The van der Waals surface area contributed by atoms with Crippen LogP contribution in [0.3, 0.4) is 0 Å². The first kappa shape index (κ1) is 13.8. The third-order valence-corrected chi connectivity index (χ3v) is 5.35. The molecule has 114 valence electrons. The molecule has 1 heterocycles. The third kappa shape index (κ3) is 2.32. The monoisotopic (exact) mass is 293 g/mol. The highest BCUT2D eigenvalue weighted by Crippen LogP contribution is 2.34. The van der Waals surface area contributed by atoms with Crippen molar-refractivity contribution in [3.63, 3.8) is 0 Å². The number of aliphatic hydroxyl groups excluding tert-OH is 1. The summed E-state index contributed by atoms with van der Waals surface area (Å²) < 4.78 is 2.51. The van der Waals surface area contributed by atoms with Gasteiger partial charge < -0.3 is 9.67 Å². The lowest BCUT2D eigenvalue weighted by Crippen LogP contribution is -2.20. The summed E-state index contributed by atoms with van der Waals surface area (Å²) in [6.45, 7) is 1.47. The summed E-state index contributed by atoms with van der Waals surface area (Å²) in [6.07, 6.45) is 4.84. The molecular weight excluding hydrogens is 270 g/mol. The fourth-order valence-corrected chi connectivity index (χ4v) is 4.05. The van der Waals surface area contributed by atoms with Crippen LogP contribution in [0.15, 0.2) is 48.5 Å². The Kier molecular flexibility index (Phi) is 3.63. The molecule has 1 fully saturated rings. The van der Waals surface area contributed by atoms with Gasteiger partial charge in [-0.25, -0.2) is 0 Å². The number of nitrogens with zero attached hydrogens (tertiary/aromatic N) is 1. The minimum absolute atomic E-state index is 0.363. The summed E-state index contributed by atoms with van der Waals surface area (Å²) in [6, 6.07) is 17.5. The zero-order chi connectivity index (χ0) is 14.9. The zero-order valence-corrected chi connectivity index (χ0v) is 12.9. The maximum atomic E-state index is 9.31. The molecule has 2 heteroatoms. The maximum Gasteiger partial charge on any atom is 0.0491 e. The van der Waals surface area contributed by atoms with E-state index in [1.807, 2.05) is 0 Å². The lowest BCUT2D eigenvalue weighted by atomic mass is 9.82. The van der Waals surface area contributed by atoms with E-state index in [1.54, 1.807) is 0 Å². The Labute approximate surface area is 131 Å². The Bertz CT molecular complexity index is 727. The summed E-state index contributed by atoms with van der Waals surface area (Å²) in [5, 5.41) is 12.0. The fourth-order valence-electron chi connectivity index (χ4n) is 4.05. The molecule has 1 aliphatic carbocycles. The minimum atomic E-state index is 0.363. The molecule has 0 spiro atoms. The quantitative estimate of drug-likeness (QED) is 0.750. The van der Waals surface area contributed by atoms with Crippen LogP contribution >= 0.6 is 0 Å². The predicted molar refractivity (Wildman–Crippen MR) is 92.0 cm³/mol. The zero-order valence-electron chi connectivity index (χ0n) is 12.9. The summed E-state index contributed by atoms with van der Waals surface area (Å²) in [5.41, 5.74) is 2.71. The molecule has 2 aromatic carbocycles. The van der Waals surface area contributed by atoms with Crippen LogP contribution in [0.5, 0.6) is 0 Å². The van der Waals surface area contributed by atoms with Crippen LogP contribution in [0.25, 0.3) is 21.8 Å². The fraction of sp³-hybridized carbons (Fsp3) is 0.400. The molecule has 0 aliphatic heterocycles. The van der Waals surface area contributed by atoms with E-state index >= 15 is 0 Å². The Morgan fingerprint density at radius 3 is 1.82 bits per heavy atom. The average molecular weight is 293 g/mol. The van der Waals surface area contributed by atoms with E-state index in [0.717, 1.165) is 12.5 Å². The highest BCUT2D eigenvalue weighted by Gasteiger charge is 2.22. The number of fused-ring (bicyclic) bond motifs is 3. The third-order valence-electron chi connectivity index (χ3n) is 5.35. The van der Waals surface area contributed by atoms with Crippen molar-refractivity contribution in [2.45, 2.75) is 32.2 Å². The highest BCUT2D eigenvalue weighted by atomic mass is 16.3. The molecule has 1 N–H and O–H groups in total. The van der Waals surface area contributed by atoms with Gasteiger partial charge in [-0.2, -0.15) is 0 Å². The molecule has 3 aromatic rings. The lowest BCUT2D eigenvalue weighted by molar-refractivity contribution is 0.162. The molecule has 0 radical (unpaired) electrons. The Hall–Kier alpha value is -1.80. The SMILES string of the molecule is OCC1CCC(Cn2c3ccccc3c3ccccc32)CC1. The lowest BCUT2D eigenvalue weighted by Gasteiger charge is -2.28. The summed E-state index contributed by atoms with van der Waals surface area (Å²) in [4.78, 5) is 0. The van der Waals surface area contributed by atoms with Crippen LogP contribution in [0.1, 0.15) is 25.7 Å². The number of benzene rings is 2. The molecule has 1 saturated carbocycles.